The molecule has 0 aromatic rings. The van der Waals surface area contributed by atoms with Crippen LogP contribution in [-0.4, -0.2) is 141 Å². The van der Waals surface area contributed by atoms with E-state index in [1.165, 1.54) is 0 Å². The third-order valence-corrected chi connectivity index (χ3v) is 14.2. The zero-order valence-electron chi connectivity index (χ0n) is 32.3. The Morgan fingerprint density at radius 1 is 0.620 bits per heavy atom. The highest BCUT2D eigenvalue weighted by Gasteiger charge is 2.42. The van der Waals surface area contributed by atoms with Gasteiger partial charge in [0.15, 0.2) is 0 Å². The molecule has 0 aromatic carbocycles. The minimum atomic E-state index is -2.79. The summed E-state index contributed by atoms with van der Waals surface area (Å²) in [6.07, 6.45) is 1.30. The van der Waals surface area contributed by atoms with Crippen molar-refractivity contribution in [3.8, 4) is 0 Å². The maximum Gasteiger partial charge on any atom is 0.500 e. The first-order valence-electron chi connectivity index (χ1n) is 18.3. The van der Waals surface area contributed by atoms with E-state index in [1.54, 1.807) is 9.80 Å². The average Bonchev–Trinajstić information content (AvgIpc) is 3.77. The molecular formula is C32H64N8O8Si2. The second-order valence-corrected chi connectivity index (χ2v) is 18.1. The lowest BCUT2D eigenvalue weighted by Gasteiger charge is -2.31. The van der Waals surface area contributed by atoms with Gasteiger partial charge in [0.05, 0.1) is 13.1 Å². The molecule has 2 aliphatic rings. The van der Waals surface area contributed by atoms with E-state index in [-0.39, 0.29) is 12.1 Å². The number of carbonyl (C=O) groups is 2. The molecule has 4 amide bonds. The Morgan fingerprint density at radius 2 is 0.920 bits per heavy atom. The second kappa shape index (κ2) is 21.3. The van der Waals surface area contributed by atoms with E-state index in [0.717, 1.165) is 0 Å². The molecule has 0 saturated carbocycles. The van der Waals surface area contributed by atoms with Gasteiger partial charge in [0.1, 0.15) is 22.7 Å². The number of carbonyl (C=O) groups excluding carboxylic acids is 2. The zero-order chi connectivity index (χ0) is 37.3. The van der Waals surface area contributed by atoms with Crippen LogP contribution in [0.5, 0.6) is 0 Å². The van der Waals surface area contributed by atoms with E-state index in [0.29, 0.717) is 116 Å². The Labute approximate surface area is 301 Å². The summed E-state index contributed by atoms with van der Waals surface area (Å²) >= 11 is 0. The summed E-state index contributed by atoms with van der Waals surface area (Å²) in [5.74, 6) is 1.06. The summed E-state index contributed by atoms with van der Waals surface area (Å²) in [6, 6.07) is 0.726. The Kier molecular flexibility index (Phi) is 18.6. The zero-order valence-corrected chi connectivity index (χ0v) is 34.3. The summed E-state index contributed by atoms with van der Waals surface area (Å²) in [6.45, 7) is 24.8. The predicted octanol–water partition coefficient (Wildman–Crippen LogP) is 4.72. The molecule has 2 heterocycles. The number of urea groups is 2. The summed E-state index contributed by atoms with van der Waals surface area (Å²) in [5, 5.41) is 15.4. The molecule has 0 radical (unpaired) electrons. The topological polar surface area (TPSA) is 169 Å². The van der Waals surface area contributed by atoms with E-state index in [2.05, 4.69) is 30.8 Å². The molecule has 0 saturated heterocycles. The van der Waals surface area contributed by atoms with Crippen LogP contribution in [0.1, 0.15) is 82.1 Å². The highest BCUT2D eigenvalue weighted by Crippen LogP contribution is 2.25. The van der Waals surface area contributed by atoms with Gasteiger partial charge in [0.25, 0.3) is 0 Å². The monoisotopic (exact) mass is 744 g/mol. The highest BCUT2D eigenvalue weighted by molar-refractivity contribution is 6.61. The van der Waals surface area contributed by atoms with Crippen LogP contribution >= 0.6 is 0 Å². The quantitative estimate of drug-likeness (QED) is 0.0813. The molecular weight excluding hydrogens is 681 g/mol. The first-order valence-corrected chi connectivity index (χ1v) is 22.1. The Balaban J connectivity index is 1.99. The van der Waals surface area contributed by atoms with E-state index >= 15 is 0 Å². The van der Waals surface area contributed by atoms with Crippen LogP contribution in [0.2, 0.25) is 12.1 Å². The predicted molar refractivity (Wildman–Crippen MR) is 198 cm³/mol. The maximum atomic E-state index is 13.3. The van der Waals surface area contributed by atoms with Gasteiger partial charge in [0.2, 0.25) is 0 Å². The van der Waals surface area contributed by atoms with E-state index in [1.807, 2.05) is 69.2 Å². The Hall–Kier alpha value is -2.33. The molecule has 0 aromatic heterocycles. The lowest BCUT2D eigenvalue weighted by Crippen LogP contribution is -2.51. The lowest BCUT2D eigenvalue weighted by molar-refractivity contribution is 0.0700. The van der Waals surface area contributed by atoms with Gasteiger partial charge in [0, 0.05) is 77.9 Å². The third-order valence-electron chi connectivity index (χ3n) is 7.87. The summed E-state index contributed by atoms with van der Waals surface area (Å²) in [5.41, 5.74) is -1.81. The molecule has 50 heavy (non-hydrogen) atoms. The Bertz CT molecular complexity index is 1040. The molecule has 0 bridgehead atoms. The van der Waals surface area contributed by atoms with Crippen LogP contribution in [0.15, 0.2) is 20.2 Å². The number of nitrogens with one attached hydrogen (secondary N) is 2. The molecule has 18 heteroatoms. The molecule has 0 spiro atoms. The van der Waals surface area contributed by atoms with Crippen molar-refractivity contribution in [2.45, 2.75) is 105 Å². The normalized spacial score (nSPS) is 16.0. The van der Waals surface area contributed by atoms with E-state index < -0.39 is 28.7 Å². The van der Waals surface area contributed by atoms with Gasteiger partial charge in [-0.25, -0.2) is 9.59 Å². The van der Waals surface area contributed by atoms with E-state index in [9.17, 15) is 9.59 Å². The minimum absolute atomic E-state index is 0.244. The van der Waals surface area contributed by atoms with Crippen molar-refractivity contribution in [3.63, 3.8) is 0 Å². The molecule has 0 atom stereocenters. The van der Waals surface area contributed by atoms with Gasteiger partial charge in [-0.1, -0.05) is 0 Å². The first-order chi connectivity index (χ1) is 23.8. The molecule has 16 nitrogen and oxygen atoms in total. The van der Waals surface area contributed by atoms with Crippen molar-refractivity contribution in [3.05, 3.63) is 0 Å². The highest BCUT2D eigenvalue weighted by atomic mass is 28.4. The van der Waals surface area contributed by atoms with Crippen LogP contribution in [0, 0.1) is 0 Å². The van der Waals surface area contributed by atoms with Gasteiger partial charge in [-0.2, -0.15) is 10.2 Å². The fourth-order valence-electron chi connectivity index (χ4n) is 5.87. The van der Waals surface area contributed by atoms with Gasteiger partial charge in [-0.05, 0) is 82.1 Å². The SMILES string of the molecule is CCO[Si](CCCNC(=O)N1CCN=C1C(C)(C)N=NC(C)(C)C1=NCCN1C(=O)NCCC[Si](OCC)(OCC)OCC)(OCC)OCC. The number of aliphatic imine (C=N–C) groups is 2. The molecule has 0 aliphatic carbocycles. The standard InChI is InChI=1S/C32H64N8O8Si2/c1-11-43-49(44-12-2,45-13-3)25-17-19-35-29(41)39-23-21-33-27(39)31(7,8)37-38-32(9,10)28-34-22-24-40(28)30(42)36-20-18-26-50(46-14-4,47-15-5)48-16-6/h11-26H2,1-10H3,(H,35,41)(H,36,42). The summed E-state index contributed by atoms with van der Waals surface area (Å²) < 4.78 is 35.6. The smallest absolute Gasteiger partial charge is 0.374 e. The van der Waals surface area contributed by atoms with Gasteiger partial charge in [-0.15, -0.1) is 0 Å². The number of azo groups is 1. The fourth-order valence-corrected chi connectivity index (χ4v) is 11.1. The average molecular weight is 745 g/mol. The van der Waals surface area contributed by atoms with Crippen LogP contribution < -0.4 is 10.6 Å². The molecule has 2 rings (SSSR count). The van der Waals surface area contributed by atoms with Crippen molar-refractivity contribution in [1.82, 2.24) is 20.4 Å². The number of hydrogen-bond donors (Lipinski definition) is 2. The second-order valence-electron chi connectivity index (χ2n) is 12.7. The minimum Gasteiger partial charge on any atom is -0.374 e. The van der Waals surface area contributed by atoms with E-state index in [4.69, 9.17) is 26.6 Å². The number of nitrogens with zero attached hydrogens (tertiary/aromatic N) is 6. The molecule has 2 N–H and O–H groups in total. The van der Waals surface area contributed by atoms with Crippen molar-refractivity contribution in [2.75, 3.05) is 78.9 Å². The fraction of sp³-hybridized carbons (Fsp3) is 0.875. The lowest BCUT2D eigenvalue weighted by atomic mass is 10.0. The van der Waals surface area contributed by atoms with Crippen LogP contribution in [0.25, 0.3) is 0 Å². The van der Waals surface area contributed by atoms with Crippen molar-refractivity contribution in [1.29, 1.82) is 0 Å². The van der Waals surface area contributed by atoms with Crippen molar-refractivity contribution < 1.29 is 36.1 Å². The van der Waals surface area contributed by atoms with Crippen LogP contribution in [0.3, 0.4) is 0 Å². The summed E-state index contributed by atoms with van der Waals surface area (Å²) in [4.78, 5) is 39.1. The van der Waals surface area contributed by atoms with Crippen molar-refractivity contribution in [2.24, 2.45) is 20.2 Å². The van der Waals surface area contributed by atoms with Crippen LogP contribution in [0.4, 0.5) is 9.59 Å². The third kappa shape index (κ3) is 12.7. The molecule has 2 aliphatic heterocycles. The summed E-state index contributed by atoms with van der Waals surface area (Å²) in [7, 11) is -5.57. The number of amides is 4. The van der Waals surface area contributed by atoms with Crippen LogP contribution in [-0.2, 0) is 26.6 Å². The largest absolute Gasteiger partial charge is 0.500 e. The number of amidine groups is 2. The Morgan fingerprint density at radius 3 is 1.20 bits per heavy atom. The molecule has 0 fully saturated rings. The number of hydrogen-bond acceptors (Lipinski definition) is 12. The molecule has 288 valence electrons. The van der Waals surface area contributed by atoms with Gasteiger partial charge >= 0.3 is 29.7 Å². The maximum absolute atomic E-state index is 13.3. The van der Waals surface area contributed by atoms with Gasteiger partial charge < -0.3 is 37.2 Å². The number of rotatable bonds is 24. The van der Waals surface area contributed by atoms with Crippen molar-refractivity contribution >= 4 is 41.3 Å². The van der Waals surface area contributed by atoms with Gasteiger partial charge in [-0.3, -0.25) is 19.8 Å². The first kappa shape index (κ1) is 43.8. The molecule has 0 unspecified atom stereocenters.